The number of hydrogen-bond acceptors (Lipinski definition) is 6. The first-order valence-corrected chi connectivity index (χ1v) is 7.66. The van der Waals surface area contributed by atoms with Crippen molar-refractivity contribution in [1.29, 1.82) is 0 Å². The minimum atomic E-state index is -3.87. The van der Waals surface area contributed by atoms with E-state index in [0.29, 0.717) is 0 Å². The van der Waals surface area contributed by atoms with Gasteiger partial charge in [-0.3, -0.25) is 4.79 Å². The highest BCUT2D eigenvalue weighted by Gasteiger charge is 2.17. The number of hydrogen-bond donors (Lipinski definition) is 2. The molecule has 16 heavy (non-hydrogen) atoms. The highest BCUT2D eigenvalue weighted by atomic mass is 32.2. The van der Waals surface area contributed by atoms with Gasteiger partial charge in [-0.1, -0.05) is 0 Å². The van der Waals surface area contributed by atoms with Crippen LogP contribution in [-0.2, 0) is 29.6 Å². The normalized spacial score (nSPS) is 12.4. The van der Waals surface area contributed by atoms with E-state index in [9.17, 15) is 21.6 Å². The fraction of sp³-hybridized carbons (Fsp3) is 0.833. The van der Waals surface area contributed by atoms with Crippen molar-refractivity contribution in [2.45, 2.75) is 6.92 Å². The van der Waals surface area contributed by atoms with Crippen LogP contribution in [0.4, 0.5) is 0 Å². The van der Waals surface area contributed by atoms with Crippen LogP contribution in [-0.4, -0.2) is 47.5 Å². The second-order valence-corrected chi connectivity index (χ2v) is 6.37. The lowest BCUT2D eigenvalue weighted by molar-refractivity contribution is -0.139. The molecule has 0 atom stereocenters. The van der Waals surface area contributed by atoms with Gasteiger partial charge in [0.05, 0.1) is 12.4 Å². The topological polar surface area (TPSA) is 133 Å². The molecule has 0 bridgehead atoms. The zero-order valence-electron chi connectivity index (χ0n) is 8.67. The van der Waals surface area contributed by atoms with Crippen LogP contribution in [0.1, 0.15) is 6.92 Å². The number of carbonyl (C=O) groups excluding carboxylic acids is 1. The summed E-state index contributed by atoms with van der Waals surface area (Å²) in [6, 6.07) is 0. The van der Waals surface area contributed by atoms with E-state index in [2.05, 4.69) is 9.88 Å². The molecule has 0 saturated carbocycles. The summed E-state index contributed by atoms with van der Waals surface area (Å²) in [5.74, 6) is -2.27. The molecular weight excluding hydrogens is 260 g/mol. The highest BCUT2D eigenvalue weighted by molar-refractivity contribution is 7.90. The van der Waals surface area contributed by atoms with Gasteiger partial charge >= 0.3 is 5.97 Å². The molecule has 0 aromatic carbocycles. The Bertz CT molecular complexity index is 426. The summed E-state index contributed by atoms with van der Waals surface area (Å²) >= 11 is 0. The third-order valence-corrected chi connectivity index (χ3v) is 3.35. The molecule has 0 aliphatic heterocycles. The lowest BCUT2D eigenvalue weighted by Crippen LogP contribution is -2.35. The van der Waals surface area contributed by atoms with Gasteiger partial charge in [-0.25, -0.2) is 26.7 Å². The fourth-order valence-corrected chi connectivity index (χ4v) is 2.17. The summed E-state index contributed by atoms with van der Waals surface area (Å²) in [6.45, 7) is 1.24. The van der Waals surface area contributed by atoms with Gasteiger partial charge < -0.3 is 4.74 Å². The standard InChI is InChI=1S/C6H14N2O6S2/c1-2-14-6(9)5-16(12,13)8-3-4-15(7,10)11/h8H,2-5H2,1H3,(H2,7,10,11). The molecular formula is C6H14N2O6S2. The molecule has 0 spiro atoms. The number of nitrogens with two attached hydrogens (primary N) is 1. The van der Waals surface area contributed by atoms with Crippen molar-refractivity contribution in [3.8, 4) is 0 Å². The van der Waals surface area contributed by atoms with Crippen LogP contribution in [0.3, 0.4) is 0 Å². The smallest absolute Gasteiger partial charge is 0.322 e. The summed E-state index contributed by atoms with van der Waals surface area (Å²) in [6.07, 6.45) is 0. The lowest BCUT2D eigenvalue weighted by Gasteiger charge is -2.05. The zero-order chi connectivity index (χ0) is 12.8. The maximum Gasteiger partial charge on any atom is 0.322 e. The third-order valence-electron chi connectivity index (χ3n) is 1.32. The Kier molecular flexibility index (Phi) is 5.86. The highest BCUT2D eigenvalue weighted by Crippen LogP contribution is 1.88. The average molecular weight is 274 g/mol. The van der Waals surface area contributed by atoms with Gasteiger partial charge in [-0.2, -0.15) is 0 Å². The SMILES string of the molecule is CCOC(=O)CS(=O)(=O)NCCS(N)(=O)=O. The van der Waals surface area contributed by atoms with E-state index in [1.54, 1.807) is 6.92 Å². The minimum Gasteiger partial charge on any atom is -0.465 e. The molecule has 0 aliphatic rings. The number of primary sulfonamides is 1. The Balaban J connectivity index is 4.12. The number of sulfonamides is 2. The van der Waals surface area contributed by atoms with E-state index in [0.717, 1.165) is 0 Å². The van der Waals surface area contributed by atoms with Crippen LogP contribution in [0.25, 0.3) is 0 Å². The summed E-state index contributed by atoms with van der Waals surface area (Å²) in [5.41, 5.74) is 0. The fourth-order valence-electron chi connectivity index (χ4n) is 0.748. The molecule has 3 N–H and O–H groups in total. The van der Waals surface area contributed by atoms with Crippen molar-refractivity contribution in [3.05, 3.63) is 0 Å². The molecule has 0 fully saturated rings. The number of ether oxygens (including phenoxy) is 1. The van der Waals surface area contributed by atoms with Gasteiger partial charge in [-0.05, 0) is 6.92 Å². The van der Waals surface area contributed by atoms with Crippen LogP contribution >= 0.6 is 0 Å². The molecule has 0 aromatic heterocycles. The maximum atomic E-state index is 11.2. The Morgan fingerprint density at radius 1 is 1.31 bits per heavy atom. The predicted octanol–water partition coefficient (Wildman–Crippen LogP) is -2.24. The van der Waals surface area contributed by atoms with Gasteiger partial charge in [0.25, 0.3) is 0 Å². The lowest BCUT2D eigenvalue weighted by atomic mass is 10.8. The first-order valence-electron chi connectivity index (χ1n) is 4.29. The summed E-state index contributed by atoms with van der Waals surface area (Å²) < 4.78 is 49.6. The quantitative estimate of drug-likeness (QED) is 0.504. The summed E-state index contributed by atoms with van der Waals surface area (Å²) in [7, 11) is -7.60. The molecule has 0 amide bonds. The van der Waals surface area contributed by atoms with Gasteiger partial charge in [-0.15, -0.1) is 0 Å². The van der Waals surface area contributed by atoms with Crippen LogP contribution in [0, 0.1) is 0 Å². The van der Waals surface area contributed by atoms with Crippen molar-refractivity contribution >= 4 is 26.0 Å². The van der Waals surface area contributed by atoms with Gasteiger partial charge in [0.2, 0.25) is 20.0 Å². The molecule has 0 saturated heterocycles. The van der Waals surface area contributed by atoms with Crippen molar-refractivity contribution in [2.24, 2.45) is 5.14 Å². The van der Waals surface area contributed by atoms with Crippen LogP contribution in [0.5, 0.6) is 0 Å². The molecule has 0 radical (unpaired) electrons. The Hall–Kier alpha value is -0.710. The monoisotopic (exact) mass is 274 g/mol. The van der Waals surface area contributed by atoms with E-state index in [4.69, 9.17) is 0 Å². The second kappa shape index (κ2) is 6.13. The van der Waals surface area contributed by atoms with E-state index in [1.165, 1.54) is 0 Å². The summed E-state index contributed by atoms with van der Waals surface area (Å²) in [4.78, 5) is 10.8. The Labute approximate surface area is 94.3 Å². The van der Waals surface area contributed by atoms with Gasteiger partial charge in [0.15, 0.2) is 5.75 Å². The molecule has 0 heterocycles. The first kappa shape index (κ1) is 15.3. The van der Waals surface area contributed by atoms with Crippen LogP contribution in [0.15, 0.2) is 0 Å². The first-order chi connectivity index (χ1) is 7.16. The van der Waals surface area contributed by atoms with E-state index in [-0.39, 0.29) is 13.2 Å². The second-order valence-electron chi connectivity index (χ2n) is 2.83. The number of nitrogens with one attached hydrogen (secondary N) is 1. The van der Waals surface area contributed by atoms with Crippen molar-refractivity contribution in [3.63, 3.8) is 0 Å². The molecule has 8 nitrogen and oxygen atoms in total. The van der Waals surface area contributed by atoms with Crippen LogP contribution < -0.4 is 9.86 Å². The number of rotatable bonds is 7. The Morgan fingerprint density at radius 3 is 2.31 bits per heavy atom. The Morgan fingerprint density at radius 2 is 1.88 bits per heavy atom. The van der Waals surface area contributed by atoms with Gasteiger partial charge in [0.1, 0.15) is 0 Å². The van der Waals surface area contributed by atoms with Crippen molar-refractivity contribution < 1.29 is 26.4 Å². The molecule has 0 unspecified atom stereocenters. The van der Waals surface area contributed by atoms with E-state index in [1.807, 2.05) is 4.72 Å². The maximum absolute atomic E-state index is 11.2. The zero-order valence-corrected chi connectivity index (χ0v) is 10.3. The van der Waals surface area contributed by atoms with Crippen molar-refractivity contribution in [1.82, 2.24) is 4.72 Å². The molecule has 96 valence electrons. The summed E-state index contributed by atoms with van der Waals surface area (Å²) in [5, 5.41) is 4.66. The minimum absolute atomic E-state index is 0.0749. The van der Waals surface area contributed by atoms with E-state index >= 15 is 0 Å². The third kappa shape index (κ3) is 8.59. The largest absolute Gasteiger partial charge is 0.465 e. The van der Waals surface area contributed by atoms with Crippen LogP contribution in [0.2, 0.25) is 0 Å². The molecule has 10 heteroatoms. The van der Waals surface area contributed by atoms with Gasteiger partial charge in [0, 0.05) is 6.54 Å². The van der Waals surface area contributed by atoms with Crippen molar-refractivity contribution in [2.75, 3.05) is 24.7 Å². The number of esters is 1. The molecule has 0 rings (SSSR count). The number of carbonyl (C=O) groups is 1. The predicted molar refractivity (Wildman–Crippen MR) is 56.4 cm³/mol. The van der Waals surface area contributed by atoms with E-state index < -0.39 is 37.5 Å². The molecule has 0 aliphatic carbocycles. The average Bonchev–Trinajstić information content (AvgIpc) is 1.99. The molecule has 0 aromatic rings.